The molecular formula is C28H35Cl2NO4. The number of rotatable bonds is 9. The van der Waals surface area contributed by atoms with E-state index in [0.717, 1.165) is 32.1 Å². The van der Waals surface area contributed by atoms with Crippen LogP contribution in [0.25, 0.3) is 0 Å². The second kappa shape index (κ2) is 12.8. The third-order valence-electron chi connectivity index (χ3n) is 7.17. The van der Waals surface area contributed by atoms with Crippen LogP contribution in [-0.2, 0) is 4.79 Å². The van der Waals surface area contributed by atoms with Gasteiger partial charge >= 0.3 is 0 Å². The number of aromatic hydroxyl groups is 1. The van der Waals surface area contributed by atoms with E-state index in [-0.39, 0.29) is 39.6 Å². The van der Waals surface area contributed by atoms with Crippen LogP contribution in [0.1, 0.15) is 58.8 Å². The minimum atomic E-state index is -0.557. The predicted molar refractivity (Wildman–Crippen MR) is 141 cm³/mol. The number of carbonyl (C=O) groups is 1. The van der Waals surface area contributed by atoms with Gasteiger partial charge in [0, 0.05) is 24.4 Å². The second-order valence-corrected chi connectivity index (χ2v) is 10.6. The van der Waals surface area contributed by atoms with Gasteiger partial charge in [-0.25, -0.2) is 0 Å². The average Bonchev–Trinajstić information content (AvgIpc) is 3.33. The number of benzene rings is 1. The molecule has 2 aliphatic carbocycles. The van der Waals surface area contributed by atoms with E-state index in [9.17, 15) is 20.1 Å². The number of unbranched alkanes of at least 4 members (excludes halogenated alkanes) is 1. The topological polar surface area (TPSA) is 89.8 Å². The van der Waals surface area contributed by atoms with Crippen molar-refractivity contribution in [1.29, 1.82) is 0 Å². The predicted octanol–water partition coefficient (Wildman–Crippen LogP) is 6.11. The van der Waals surface area contributed by atoms with Gasteiger partial charge in [0.1, 0.15) is 0 Å². The molecule has 0 aromatic heterocycles. The Morgan fingerprint density at radius 1 is 1.29 bits per heavy atom. The molecule has 190 valence electrons. The first-order valence-corrected chi connectivity index (χ1v) is 13.0. The Hall–Kier alpha value is -1.97. The molecule has 0 bridgehead atoms. The molecule has 0 saturated heterocycles. The zero-order valence-electron chi connectivity index (χ0n) is 20.3. The SMILES string of the molecule is CC#CCC(C)C(O)C=CC1C(O)CC2CC(=CCCCC(=O)Nc3cc(Cl)c(O)c(Cl)c3)CC21. The maximum absolute atomic E-state index is 12.2. The van der Waals surface area contributed by atoms with Crippen molar-refractivity contribution in [2.24, 2.45) is 23.7 Å². The summed E-state index contributed by atoms with van der Waals surface area (Å²) in [6.07, 6.45) is 10.5. The number of amides is 1. The van der Waals surface area contributed by atoms with Gasteiger partial charge in [-0.15, -0.1) is 11.8 Å². The van der Waals surface area contributed by atoms with Crippen molar-refractivity contribution < 1.29 is 20.1 Å². The Kier molecular flexibility index (Phi) is 10.1. The third kappa shape index (κ3) is 7.51. The van der Waals surface area contributed by atoms with Crippen LogP contribution < -0.4 is 5.32 Å². The van der Waals surface area contributed by atoms with E-state index in [1.807, 2.05) is 19.1 Å². The molecule has 0 spiro atoms. The molecule has 2 fully saturated rings. The number of aliphatic hydroxyl groups is 2. The van der Waals surface area contributed by atoms with Crippen LogP contribution in [0, 0.1) is 35.5 Å². The summed E-state index contributed by atoms with van der Waals surface area (Å²) in [5, 5.41) is 33.5. The summed E-state index contributed by atoms with van der Waals surface area (Å²) < 4.78 is 0. The Morgan fingerprint density at radius 2 is 2.00 bits per heavy atom. The van der Waals surface area contributed by atoms with Crippen molar-refractivity contribution in [3.05, 3.63) is 46.0 Å². The summed E-state index contributed by atoms with van der Waals surface area (Å²) in [4.78, 5) is 12.2. The van der Waals surface area contributed by atoms with Crippen molar-refractivity contribution in [2.45, 2.75) is 71.0 Å². The standard InChI is InChI=1S/C28H35Cl2NO4/c1-3-4-7-17(2)25(32)11-10-21-22-13-18(12-19(22)14-26(21)33)8-5-6-9-27(34)31-20-15-23(29)28(35)24(30)16-20/h8,10-11,15-17,19,21-22,25-26,32-33,35H,5-7,9,12-14H2,1-2H3,(H,31,34). The fourth-order valence-corrected chi connectivity index (χ4v) is 5.67. The first-order valence-electron chi connectivity index (χ1n) is 12.3. The van der Waals surface area contributed by atoms with E-state index in [2.05, 4.69) is 23.2 Å². The lowest BCUT2D eigenvalue weighted by atomic mass is 9.89. The van der Waals surface area contributed by atoms with Crippen molar-refractivity contribution >= 4 is 34.8 Å². The smallest absolute Gasteiger partial charge is 0.224 e. The lowest BCUT2D eigenvalue weighted by molar-refractivity contribution is -0.116. The number of phenolic OH excluding ortho intramolecular Hbond substituents is 1. The van der Waals surface area contributed by atoms with Crippen LogP contribution in [0.5, 0.6) is 5.75 Å². The van der Waals surface area contributed by atoms with Gasteiger partial charge in [0.15, 0.2) is 5.75 Å². The molecule has 6 unspecified atom stereocenters. The molecule has 0 radical (unpaired) electrons. The summed E-state index contributed by atoms with van der Waals surface area (Å²) in [6, 6.07) is 2.94. The number of nitrogens with one attached hydrogen (secondary N) is 1. The number of halogens is 2. The number of allylic oxidation sites excluding steroid dienone is 2. The normalized spacial score (nSPS) is 26.4. The summed E-state index contributed by atoms with van der Waals surface area (Å²) in [5.41, 5.74) is 1.86. The van der Waals surface area contributed by atoms with Gasteiger partial charge in [-0.3, -0.25) is 4.79 Å². The van der Waals surface area contributed by atoms with Gasteiger partial charge in [0.25, 0.3) is 0 Å². The first kappa shape index (κ1) is 27.6. The van der Waals surface area contributed by atoms with Gasteiger partial charge in [-0.1, -0.05) is 53.9 Å². The number of carbonyl (C=O) groups excluding carboxylic acids is 1. The molecule has 1 amide bonds. The zero-order valence-corrected chi connectivity index (χ0v) is 21.8. The van der Waals surface area contributed by atoms with Crippen LogP contribution in [-0.4, -0.2) is 33.4 Å². The van der Waals surface area contributed by atoms with Crippen LogP contribution in [0.4, 0.5) is 5.69 Å². The Morgan fingerprint density at radius 3 is 2.69 bits per heavy atom. The lowest BCUT2D eigenvalue weighted by Gasteiger charge is -2.19. The molecule has 4 N–H and O–H groups in total. The maximum atomic E-state index is 12.2. The largest absolute Gasteiger partial charge is 0.505 e. The van der Waals surface area contributed by atoms with Crippen LogP contribution >= 0.6 is 23.2 Å². The molecule has 1 aromatic carbocycles. The van der Waals surface area contributed by atoms with E-state index < -0.39 is 6.10 Å². The summed E-state index contributed by atoms with van der Waals surface area (Å²) in [5.74, 6) is 6.55. The number of phenols is 1. The molecule has 2 aliphatic rings. The minimum Gasteiger partial charge on any atom is -0.505 e. The zero-order chi connectivity index (χ0) is 25.5. The molecule has 2 saturated carbocycles. The van der Waals surface area contributed by atoms with Gasteiger partial charge in [-0.05, 0) is 68.9 Å². The monoisotopic (exact) mass is 519 g/mol. The third-order valence-corrected chi connectivity index (χ3v) is 7.74. The van der Waals surface area contributed by atoms with Crippen LogP contribution in [0.3, 0.4) is 0 Å². The molecule has 3 rings (SSSR count). The van der Waals surface area contributed by atoms with Gasteiger partial charge < -0.3 is 20.6 Å². The molecule has 6 atom stereocenters. The Bertz CT molecular complexity index is 1000. The molecule has 0 aliphatic heterocycles. The summed E-state index contributed by atoms with van der Waals surface area (Å²) >= 11 is 11.8. The number of anilines is 1. The fourth-order valence-electron chi connectivity index (χ4n) is 5.19. The number of hydrogen-bond donors (Lipinski definition) is 4. The molecule has 7 heteroatoms. The van der Waals surface area contributed by atoms with E-state index in [1.54, 1.807) is 6.92 Å². The van der Waals surface area contributed by atoms with Gasteiger partial charge in [-0.2, -0.15) is 0 Å². The Balaban J connectivity index is 1.46. The van der Waals surface area contributed by atoms with Crippen molar-refractivity contribution in [3.63, 3.8) is 0 Å². The van der Waals surface area contributed by atoms with E-state index in [4.69, 9.17) is 23.2 Å². The summed E-state index contributed by atoms with van der Waals surface area (Å²) in [7, 11) is 0. The van der Waals surface area contributed by atoms with Crippen LogP contribution in [0.15, 0.2) is 35.9 Å². The fraction of sp³-hybridized carbons (Fsp3) is 0.536. The Labute approximate surface area is 218 Å². The second-order valence-electron chi connectivity index (χ2n) is 9.79. The maximum Gasteiger partial charge on any atom is 0.224 e. The first-order chi connectivity index (χ1) is 16.7. The molecule has 35 heavy (non-hydrogen) atoms. The van der Waals surface area contributed by atoms with Gasteiger partial charge in [0.2, 0.25) is 5.91 Å². The highest BCUT2D eigenvalue weighted by molar-refractivity contribution is 6.37. The highest BCUT2D eigenvalue weighted by atomic mass is 35.5. The summed E-state index contributed by atoms with van der Waals surface area (Å²) in [6.45, 7) is 3.79. The average molecular weight is 520 g/mol. The van der Waals surface area contributed by atoms with E-state index in [1.165, 1.54) is 17.7 Å². The molecule has 5 nitrogen and oxygen atoms in total. The molecular weight excluding hydrogens is 485 g/mol. The quantitative estimate of drug-likeness (QED) is 0.137. The lowest BCUT2D eigenvalue weighted by Crippen LogP contribution is -2.19. The van der Waals surface area contributed by atoms with Crippen molar-refractivity contribution in [3.8, 4) is 17.6 Å². The van der Waals surface area contributed by atoms with Gasteiger partial charge in [0.05, 0.1) is 22.3 Å². The minimum absolute atomic E-state index is 0.0623. The highest BCUT2D eigenvalue weighted by Crippen LogP contribution is 2.50. The number of hydrogen-bond acceptors (Lipinski definition) is 4. The number of aliphatic hydroxyl groups excluding tert-OH is 2. The molecule has 0 heterocycles. The van der Waals surface area contributed by atoms with Crippen molar-refractivity contribution in [1.82, 2.24) is 0 Å². The van der Waals surface area contributed by atoms with Crippen LogP contribution in [0.2, 0.25) is 10.0 Å². The van der Waals surface area contributed by atoms with E-state index in [0.29, 0.717) is 30.4 Å². The number of fused-ring (bicyclic) bond motifs is 1. The van der Waals surface area contributed by atoms with E-state index >= 15 is 0 Å². The molecule has 1 aromatic rings. The highest BCUT2D eigenvalue weighted by Gasteiger charge is 2.45. The van der Waals surface area contributed by atoms with Crippen molar-refractivity contribution in [2.75, 3.05) is 5.32 Å².